The fourth-order valence-electron chi connectivity index (χ4n) is 1.87. The number of hydrogen-bond acceptors (Lipinski definition) is 4. The van der Waals surface area contributed by atoms with Crippen LogP contribution in [0.3, 0.4) is 0 Å². The van der Waals surface area contributed by atoms with Gasteiger partial charge < -0.3 is 14.7 Å². The number of H-pyrrole nitrogens is 1. The van der Waals surface area contributed by atoms with Gasteiger partial charge in [0.05, 0.1) is 0 Å². The number of fused-ring (bicyclic) bond motifs is 1. The summed E-state index contributed by atoms with van der Waals surface area (Å²) in [7, 11) is 1.69. The van der Waals surface area contributed by atoms with Crippen molar-refractivity contribution in [2.45, 2.75) is 0 Å². The van der Waals surface area contributed by atoms with Crippen LogP contribution in [-0.4, -0.2) is 17.0 Å². The zero-order valence-electron chi connectivity index (χ0n) is 9.69. The van der Waals surface area contributed by atoms with E-state index in [0.29, 0.717) is 11.8 Å². The first-order valence-corrected chi connectivity index (χ1v) is 5.48. The van der Waals surface area contributed by atoms with Crippen molar-refractivity contribution in [2.24, 2.45) is 0 Å². The minimum absolute atomic E-state index is 0.263. The highest BCUT2D eigenvalue weighted by Gasteiger charge is 2.13. The van der Waals surface area contributed by atoms with Crippen LogP contribution >= 0.6 is 0 Å². The SMILES string of the molecule is CNc1oc(-c2ccc3cc[nH]c3c2)nc1C#N. The van der Waals surface area contributed by atoms with E-state index in [4.69, 9.17) is 9.68 Å². The first kappa shape index (κ1) is 10.4. The normalized spacial score (nSPS) is 10.4. The highest BCUT2D eigenvalue weighted by atomic mass is 16.4. The number of nitrogens with zero attached hydrogens (tertiary/aromatic N) is 2. The Morgan fingerprint density at radius 3 is 3.00 bits per heavy atom. The lowest BCUT2D eigenvalue weighted by molar-refractivity contribution is 0.589. The van der Waals surface area contributed by atoms with Crippen LogP contribution in [0.2, 0.25) is 0 Å². The quantitative estimate of drug-likeness (QED) is 0.719. The molecule has 5 nitrogen and oxygen atoms in total. The summed E-state index contributed by atoms with van der Waals surface area (Å²) < 4.78 is 5.51. The Balaban J connectivity index is 2.13. The first-order valence-electron chi connectivity index (χ1n) is 5.48. The molecule has 5 heteroatoms. The van der Waals surface area contributed by atoms with E-state index in [1.54, 1.807) is 7.05 Å². The van der Waals surface area contributed by atoms with Crippen molar-refractivity contribution in [1.29, 1.82) is 5.26 Å². The monoisotopic (exact) mass is 238 g/mol. The Morgan fingerprint density at radius 2 is 2.28 bits per heavy atom. The summed E-state index contributed by atoms with van der Waals surface area (Å²) in [4.78, 5) is 7.29. The summed E-state index contributed by atoms with van der Waals surface area (Å²) in [6.07, 6.45) is 1.88. The molecule has 0 saturated heterocycles. The maximum Gasteiger partial charge on any atom is 0.232 e. The minimum Gasteiger partial charge on any atom is -0.419 e. The molecule has 0 saturated carbocycles. The molecule has 0 aliphatic rings. The Hall–Kier alpha value is -2.74. The molecule has 0 fully saturated rings. The van der Waals surface area contributed by atoms with Crippen LogP contribution in [0, 0.1) is 11.3 Å². The Morgan fingerprint density at radius 1 is 1.39 bits per heavy atom. The largest absolute Gasteiger partial charge is 0.419 e. The summed E-state index contributed by atoms with van der Waals surface area (Å²) in [6.45, 7) is 0. The van der Waals surface area contributed by atoms with E-state index >= 15 is 0 Å². The maximum absolute atomic E-state index is 8.93. The van der Waals surface area contributed by atoms with Crippen molar-refractivity contribution in [3.63, 3.8) is 0 Å². The fourth-order valence-corrected chi connectivity index (χ4v) is 1.87. The van der Waals surface area contributed by atoms with Gasteiger partial charge in [0, 0.05) is 24.3 Å². The molecule has 0 aliphatic carbocycles. The van der Waals surface area contributed by atoms with Gasteiger partial charge in [-0.3, -0.25) is 0 Å². The number of aromatic amines is 1. The third kappa shape index (κ3) is 1.52. The molecular formula is C13H10N4O. The van der Waals surface area contributed by atoms with Crippen LogP contribution in [0.25, 0.3) is 22.4 Å². The number of nitriles is 1. The summed E-state index contributed by atoms with van der Waals surface area (Å²) in [6, 6.07) is 9.84. The molecule has 0 atom stereocenters. The van der Waals surface area contributed by atoms with E-state index in [1.165, 1.54) is 0 Å². The van der Waals surface area contributed by atoms with Crippen LogP contribution in [0.5, 0.6) is 0 Å². The van der Waals surface area contributed by atoms with E-state index in [9.17, 15) is 0 Å². The predicted octanol–water partition coefficient (Wildman–Crippen LogP) is 2.74. The number of nitrogens with one attached hydrogen (secondary N) is 2. The molecule has 0 unspecified atom stereocenters. The number of oxazole rings is 1. The molecule has 88 valence electrons. The van der Waals surface area contributed by atoms with Crippen LogP contribution in [0.15, 0.2) is 34.9 Å². The predicted molar refractivity (Wildman–Crippen MR) is 68.1 cm³/mol. The lowest BCUT2D eigenvalue weighted by atomic mass is 10.1. The second kappa shape index (κ2) is 3.93. The molecule has 0 spiro atoms. The van der Waals surface area contributed by atoms with E-state index in [-0.39, 0.29) is 5.69 Å². The highest BCUT2D eigenvalue weighted by molar-refractivity contribution is 5.83. The van der Waals surface area contributed by atoms with Gasteiger partial charge in [0.15, 0.2) is 0 Å². The third-order valence-corrected chi connectivity index (χ3v) is 2.76. The van der Waals surface area contributed by atoms with Crippen LogP contribution < -0.4 is 5.32 Å². The molecule has 1 aromatic carbocycles. The summed E-state index contributed by atoms with van der Waals surface area (Å²) in [5.74, 6) is 0.825. The minimum atomic E-state index is 0.263. The van der Waals surface area contributed by atoms with Gasteiger partial charge in [-0.25, -0.2) is 0 Å². The van der Waals surface area contributed by atoms with Crippen molar-refractivity contribution in [3.8, 4) is 17.5 Å². The molecule has 3 aromatic rings. The smallest absolute Gasteiger partial charge is 0.232 e. The topological polar surface area (TPSA) is 77.6 Å². The van der Waals surface area contributed by atoms with E-state index in [1.807, 2.05) is 36.5 Å². The van der Waals surface area contributed by atoms with Crippen LogP contribution in [0.4, 0.5) is 5.88 Å². The Kier molecular flexibility index (Phi) is 2.27. The van der Waals surface area contributed by atoms with Crippen molar-refractivity contribution in [3.05, 3.63) is 36.2 Å². The molecule has 18 heavy (non-hydrogen) atoms. The Bertz CT molecular complexity index is 748. The van der Waals surface area contributed by atoms with Crippen LogP contribution in [-0.2, 0) is 0 Å². The molecule has 2 N–H and O–H groups in total. The lowest BCUT2D eigenvalue weighted by Crippen LogP contribution is -1.87. The molecule has 0 bridgehead atoms. The van der Waals surface area contributed by atoms with Gasteiger partial charge >= 0.3 is 0 Å². The van der Waals surface area contributed by atoms with Gasteiger partial charge in [0.1, 0.15) is 6.07 Å². The van der Waals surface area contributed by atoms with Gasteiger partial charge in [0.2, 0.25) is 17.5 Å². The highest BCUT2D eigenvalue weighted by Crippen LogP contribution is 2.27. The zero-order valence-corrected chi connectivity index (χ0v) is 9.69. The molecular weight excluding hydrogens is 228 g/mol. The van der Waals surface area contributed by atoms with E-state index < -0.39 is 0 Å². The van der Waals surface area contributed by atoms with Gasteiger partial charge in [-0.1, -0.05) is 6.07 Å². The summed E-state index contributed by atoms with van der Waals surface area (Å²) in [5.41, 5.74) is 2.11. The van der Waals surface area contributed by atoms with Gasteiger partial charge in [-0.2, -0.15) is 10.2 Å². The molecule has 0 amide bonds. The zero-order chi connectivity index (χ0) is 12.5. The molecule has 2 heterocycles. The van der Waals surface area contributed by atoms with Crippen molar-refractivity contribution in [2.75, 3.05) is 12.4 Å². The fraction of sp³-hybridized carbons (Fsp3) is 0.0769. The summed E-state index contributed by atoms with van der Waals surface area (Å²) >= 11 is 0. The molecule has 3 rings (SSSR count). The second-order valence-electron chi connectivity index (χ2n) is 3.84. The number of hydrogen-bond donors (Lipinski definition) is 2. The average Bonchev–Trinajstić information content (AvgIpc) is 3.03. The van der Waals surface area contributed by atoms with E-state index in [0.717, 1.165) is 16.5 Å². The van der Waals surface area contributed by atoms with Gasteiger partial charge in [0.25, 0.3) is 0 Å². The number of anilines is 1. The number of rotatable bonds is 2. The summed E-state index contributed by atoms with van der Waals surface area (Å²) in [5, 5.41) is 12.9. The molecule has 0 aliphatic heterocycles. The van der Waals surface area contributed by atoms with Crippen LogP contribution in [0.1, 0.15) is 5.69 Å². The number of benzene rings is 1. The first-order chi connectivity index (χ1) is 8.81. The van der Waals surface area contributed by atoms with Crippen molar-refractivity contribution >= 4 is 16.8 Å². The van der Waals surface area contributed by atoms with Gasteiger partial charge in [-0.15, -0.1) is 0 Å². The molecule has 0 radical (unpaired) electrons. The maximum atomic E-state index is 8.93. The Labute approximate surface area is 103 Å². The standard InChI is InChI=1S/C13H10N4O/c1-15-13-11(7-14)17-12(18-13)9-3-2-8-4-5-16-10(8)6-9/h2-6,15-16H,1H3. The average molecular weight is 238 g/mol. The van der Waals surface area contributed by atoms with Crippen molar-refractivity contribution in [1.82, 2.24) is 9.97 Å². The van der Waals surface area contributed by atoms with Crippen molar-refractivity contribution < 1.29 is 4.42 Å². The third-order valence-electron chi connectivity index (χ3n) is 2.76. The van der Waals surface area contributed by atoms with E-state index in [2.05, 4.69) is 15.3 Å². The second-order valence-corrected chi connectivity index (χ2v) is 3.84. The number of aromatic nitrogens is 2. The molecule has 2 aromatic heterocycles. The van der Waals surface area contributed by atoms with Gasteiger partial charge in [-0.05, 0) is 23.6 Å². The lowest BCUT2D eigenvalue weighted by Gasteiger charge is -1.96.